The average Bonchev–Trinajstić information content (AvgIpc) is 2.46. The molecule has 0 saturated carbocycles. The van der Waals surface area contributed by atoms with E-state index in [1.54, 1.807) is 12.1 Å². The van der Waals surface area contributed by atoms with Gasteiger partial charge in [-0.05, 0) is 44.4 Å². The molecule has 1 aromatic rings. The van der Waals surface area contributed by atoms with Gasteiger partial charge >= 0.3 is 5.97 Å². The van der Waals surface area contributed by atoms with Crippen LogP contribution < -0.4 is 10.6 Å². The standard InChI is InChI=1S/C17H24N2O4/c1-12(2)19-16(21)8-4-7-15(20)18-10-9-13-5-3-6-14(11-13)17(22)23/h3,5-6,11-12H,4,7-10H2,1-2H3,(H,18,20)(H,19,21)(H,22,23). The molecular weight excluding hydrogens is 296 g/mol. The topological polar surface area (TPSA) is 95.5 Å². The second-order valence-corrected chi connectivity index (χ2v) is 5.68. The number of carbonyl (C=O) groups excluding carboxylic acids is 2. The summed E-state index contributed by atoms with van der Waals surface area (Å²) in [7, 11) is 0. The Morgan fingerprint density at radius 2 is 1.83 bits per heavy atom. The average molecular weight is 320 g/mol. The minimum Gasteiger partial charge on any atom is -0.478 e. The number of hydrogen-bond acceptors (Lipinski definition) is 3. The van der Waals surface area contributed by atoms with Crippen molar-refractivity contribution < 1.29 is 19.5 Å². The number of aromatic carboxylic acids is 1. The van der Waals surface area contributed by atoms with Gasteiger partial charge in [-0.2, -0.15) is 0 Å². The van der Waals surface area contributed by atoms with Crippen molar-refractivity contribution in [2.75, 3.05) is 6.54 Å². The molecule has 0 bridgehead atoms. The smallest absolute Gasteiger partial charge is 0.335 e. The third kappa shape index (κ3) is 7.99. The van der Waals surface area contributed by atoms with E-state index in [0.717, 1.165) is 5.56 Å². The summed E-state index contributed by atoms with van der Waals surface area (Å²) < 4.78 is 0. The molecule has 0 heterocycles. The number of nitrogens with one attached hydrogen (secondary N) is 2. The minimum atomic E-state index is -0.962. The first kappa shape index (κ1) is 18.7. The molecule has 2 amide bonds. The van der Waals surface area contributed by atoms with Crippen LogP contribution >= 0.6 is 0 Å². The predicted molar refractivity (Wildman–Crippen MR) is 87.2 cm³/mol. The molecule has 126 valence electrons. The van der Waals surface area contributed by atoms with Crippen LogP contribution in [0.2, 0.25) is 0 Å². The zero-order valence-electron chi connectivity index (χ0n) is 13.6. The van der Waals surface area contributed by atoms with E-state index in [0.29, 0.717) is 32.2 Å². The van der Waals surface area contributed by atoms with Gasteiger partial charge < -0.3 is 15.7 Å². The van der Waals surface area contributed by atoms with Crippen molar-refractivity contribution in [1.82, 2.24) is 10.6 Å². The number of hydrogen-bond donors (Lipinski definition) is 3. The molecule has 1 aromatic carbocycles. The highest BCUT2D eigenvalue weighted by molar-refractivity contribution is 5.87. The number of carboxylic acid groups (broad SMARTS) is 1. The molecule has 0 saturated heterocycles. The number of carbonyl (C=O) groups is 3. The number of carboxylic acids is 1. The maximum atomic E-state index is 11.7. The van der Waals surface area contributed by atoms with Gasteiger partial charge in [0, 0.05) is 25.4 Å². The van der Waals surface area contributed by atoms with E-state index in [1.165, 1.54) is 6.07 Å². The summed E-state index contributed by atoms with van der Waals surface area (Å²) in [6, 6.07) is 6.76. The Balaban J connectivity index is 2.23. The normalized spacial score (nSPS) is 10.4. The van der Waals surface area contributed by atoms with Gasteiger partial charge in [0.15, 0.2) is 0 Å². The van der Waals surface area contributed by atoms with Gasteiger partial charge in [-0.15, -0.1) is 0 Å². The molecule has 0 aliphatic carbocycles. The van der Waals surface area contributed by atoms with Gasteiger partial charge in [-0.1, -0.05) is 12.1 Å². The number of rotatable bonds is 9. The van der Waals surface area contributed by atoms with Crippen molar-refractivity contribution in [3.63, 3.8) is 0 Å². The molecule has 0 unspecified atom stereocenters. The zero-order valence-corrected chi connectivity index (χ0v) is 13.6. The van der Waals surface area contributed by atoms with Crippen molar-refractivity contribution in [3.05, 3.63) is 35.4 Å². The van der Waals surface area contributed by atoms with Crippen LogP contribution in [0.25, 0.3) is 0 Å². The lowest BCUT2D eigenvalue weighted by Gasteiger charge is -2.08. The summed E-state index contributed by atoms with van der Waals surface area (Å²) in [4.78, 5) is 34.0. The van der Waals surface area contributed by atoms with Crippen molar-refractivity contribution in [1.29, 1.82) is 0 Å². The van der Waals surface area contributed by atoms with Gasteiger partial charge in [0.1, 0.15) is 0 Å². The summed E-state index contributed by atoms with van der Waals surface area (Å²) in [5, 5.41) is 14.5. The summed E-state index contributed by atoms with van der Waals surface area (Å²) in [5.41, 5.74) is 1.10. The van der Waals surface area contributed by atoms with Crippen molar-refractivity contribution in [2.45, 2.75) is 45.6 Å². The second kappa shape index (κ2) is 9.61. The molecule has 1 rings (SSSR count). The molecule has 0 aromatic heterocycles. The predicted octanol–water partition coefficient (Wildman–Crippen LogP) is 1.74. The van der Waals surface area contributed by atoms with E-state index >= 15 is 0 Å². The summed E-state index contributed by atoms with van der Waals surface area (Å²) in [5.74, 6) is -1.11. The lowest BCUT2D eigenvalue weighted by Crippen LogP contribution is -2.30. The Morgan fingerprint density at radius 3 is 2.48 bits per heavy atom. The highest BCUT2D eigenvalue weighted by Gasteiger charge is 2.07. The van der Waals surface area contributed by atoms with Crippen LogP contribution in [0, 0.1) is 0 Å². The van der Waals surface area contributed by atoms with Crippen molar-refractivity contribution in [2.24, 2.45) is 0 Å². The van der Waals surface area contributed by atoms with Crippen LogP contribution in [-0.2, 0) is 16.0 Å². The maximum Gasteiger partial charge on any atom is 0.335 e. The van der Waals surface area contributed by atoms with Crippen molar-refractivity contribution in [3.8, 4) is 0 Å². The van der Waals surface area contributed by atoms with Gasteiger partial charge in [-0.25, -0.2) is 4.79 Å². The highest BCUT2D eigenvalue weighted by Crippen LogP contribution is 2.06. The van der Waals surface area contributed by atoms with E-state index in [2.05, 4.69) is 10.6 Å². The fraction of sp³-hybridized carbons (Fsp3) is 0.471. The van der Waals surface area contributed by atoms with Crippen LogP contribution in [0.5, 0.6) is 0 Å². The summed E-state index contributed by atoms with van der Waals surface area (Å²) in [6.45, 7) is 4.23. The summed E-state index contributed by atoms with van der Waals surface area (Å²) >= 11 is 0. The molecule has 0 radical (unpaired) electrons. The first-order valence-corrected chi connectivity index (χ1v) is 7.76. The number of amides is 2. The van der Waals surface area contributed by atoms with E-state index in [9.17, 15) is 14.4 Å². The zero-order chi connectivity index (χ0) is 17.2. The molecule has 0 fully saturated rings. The van der Waals surface area contributed by atoms with E-state index in [1.807, 2.05) is 19.9 Å². The fourth-order valence-corrected chi connectivity index (χ4v) is 2.10. The molecule has 0 aliphatic rings. The van der Waals surface area contributed by atoms with Gasteiger partial charge in [0.2, 0.25) is 11.8 Å². The van der Waals surface area contributed by atoms with Crippen LogP contribution in [0.3, 0.4) is 0 Å². The quantitative estimate of drug-likeness (QED) is 0.646. The third-order valence-corrected chi connectivity index (χ3v) is 3.17. The van der Waals surface area contributed by atoms with Gasteiger partial charge in [0.25, 0.3) is 0 Å². The van der Waals surface area contributed by atoms with E-state index in [4.69, 9.17) is 5.11 Å². The largest absolute Gasteiger partial charge is 0.478 e. The molecule has 23 heavy (non-hydrogen) atoms. The maximum absolute atomic E-state index is 11.7. The monoisotopic (exact) mass is 320 g/mol. The lowest BCUT2D eigenvalue weighted by molar-refractivity contribution is -0.122. The van der Waals surface area contributed by atoms with Gasteiger partial charge in [-0.3, -0.25) is 9.59 Å². The lowest BCUT2D eigenvalue weighted by atomic mass is 10.1. The van der Waals surface area contributed by atoms with Crippen molar-refractivity contribution >= 4 is 17.8 Å². The Morgan fingerprint density at radius 1 is 1.13 bits per heavy atom. The molecule has 6 nitrogen and oxygen atoms in total. The first-order valence-electron chi connectivity index (χ1n) is 7.76. The van der Waals surface area contributed by atoms with Gasteiger partial charge in [0.05, 0.1) is 5.56 Å². The Labute approximate surface area is 136 Å². The highest BCUT2D eigenvalue weighted by atomic mass is 16.4. The molecule has 0 spiro atoms. The Hall–Kier alpha value is -2.37. The third-order valence-electron chi connectivity index (χ3n) is 3.17. The molecule has 0 atom stereocenters. The minimum absolute atomic E-state index is 0.0433. The van der Waals surface area contributed by atoms with Crippen LogP contribution in [0.15, 0.2) is 24.3 Å². The van der Waals surface area contributed by atoms with E-state index in [-0.39, 0.29) is 23.4 Å². The SMILES string of the molecule is CC(C)NC(=O)CCCC(=O)NCCc1cccc(C(=O)O)c1. The fourth-order valence-electron chi connectivity index (χ4n) is 2.10. The van der Waals surface area contributed by atoms with Crippen LogP contribution in [0.4, 0.5) is 0 Å². The summed E-state index contributed by atoms with van der Waals surface area (Å²) in [6.07, 6.45) is 1.73. The molecule has 0 aliphatic heterocycles. The van der Waals surface area contributed by atoms with E-state index < -0.39 is 5.97 Å². The molecule has 6 heteroatoms. The van der Waals surface area contributed by atoms with Crippen LogP contribution in [-0.4, -0.2) is 35.5 Å². The molecule has 3 N–H and O–H groups in total. The Kier molecular flexibility index (Phi) is 7.80. The molecular formula is C17H24N2O4. The Bertz CT molecular complexity index is 555. The number of benzene rings is 1. The second-order valence-electron chi connectivity index (χ2n) is 5.68. The van der Waals surface area contributed by atoms with Crippen LogP contribution in [0.1, 0.15) is 49.0 Å². The first-order chi connectivity index (χ1) is 10.9.